The van der Waals surface area contributed by atoms with Crippen molar-refractivity contribution in [3.8, 4) is 17.6 Å². The molecule has 2 N–H and O–H groups in total. The lowest BCUT2D eigenvalue weighted by molar-refractivity contribution is -0.117. The molecule has 0 aliphatic rings. The minimum atomic E-state index is -0.501. The number of hydrogen-bond donors (Lipinski definition) is 2. The molecule has 0 aliphatic carbocycles. The predicted molar refractivity (Wildman–Crippen MR) is 101 cm³/mol. The maximum absolute atomic E-state index is 12.2. The van der Waals surface area contributed by atoms with Gasteiger partial charge in [-0.1, -0.05) is 41.9 Å². The number of nitrogens with one attached hydrogen (secondary N) is 1. The van der Waals surface area contributed by atoms with Crippen LogP contribution in [0.3, 0.4) is 0 Å². The second kappa shape index (κ2) is 9.50. The van der Waals surface area contributed by atoms with E-state index in [0.717, 1.165) is 12.8 Å². The molecule has 6 heteroatoms. The Bertz CT molecular complexity index is 842. The molecule has 2 aromatic rings. The molecule has 0 aliphatic heterocycles. The van der Waals surface area contributed by atoms with Crippen molar-refractivity contribution in [2.45, 2.75) is 12.8 Å². The SMILES string of the molecule is COc1cc(Cl)cc(/C=C(/C#N)C(=O)NCCCc2ccccc2)c1O. The van der Waals surface area contributed by atoms with Crippen LogP contribution in [0.2, 0.25) is 5.02 Å². The zero-order valence-electron chi connectivity index (χ0n) is 14.3. The van der Waals surface area contributed by atoms with Crippen LogP contribution in [-0.4, -0.2) is 24.7 Å². The van der Waals surface area contributed by atoms with Crippen LogP contribution in [0.5, 0.6) is 11.5 Å². The molecule has 0 aromatic heterocycles. The Labute approximate surface area is 157 Å². The number of nitrogens with zero attached hydrogens (tertiary/aromatic N) is 1. The number of phenols is 1. The number of aromatic hydroxyl groups is 1. The summed E-state index contributed by atoms with van der Waals surface area (Å²) in [7, 11) is 1.39. The third-order valence-electron chi connectivity index (χ3n) is 3.72. The van der Waals surface area contributed by atoms with Gasteiger partial charge in [0.1, 0.15) is 11.6 Å². The Kier molecular flexibility index (Phi) is 7.07. The summed E-state index contributed by atoms with van der Waals surface area (Å²) in [6, 6.07) is 14.7. The van der Waals surface area contributed by atoms with Crippen molar-refractivity contribution in [2.24, 2.45) is 0 Å². The summed E-state index contributed by atoms with van der Waals surface area (Å²) in [5.74, 6) is -0.509. The molecule has 26 heavy (non-hydrogen) atoms. The highest BCUT2D eigenvalue weighted by Gasteiger charge is 2.13. The first-order valence-electron chi connectivity index (χ1n) is 8.05. The van der Waals surface area contributed by atoms with E-state index in [-0.39, 0.29) is 22.6 Å². The first-order valence-corrected chi connectivity index (χ1v) is 8.43. The summed E-state index contributed by atoms with van der Waals surface area (Å²) in [5.41, 5.74) is 1.31. The van der Waals surface area contributed by atoms with Crippen LogP contribution in [0.25, 0.3) is 6.08 Å². The third-order valence-corrected chi connectivity index (χ3v) is 3.94. The largest absolute Gasteiger partial charge is 0.504 e. The van der Waals surface area contributed by atoms with E-state index in [0.29, 0.717) is 11.6 Å². The van der Waals surface area contributed by atoms with E-state index < -0.39 is 5.91 Å². The fourth-order valence-electron chi connectivity index (χ4n) is 2.40. The number of hydrogen-bond acceptors (Lipinski definition) is 4. The van der Waals surface area contributed by atoms with E-state index in [2.05, 4.69) is 5.32 Å². The normalized spacial score (nSPS) is 10.9. The molecule has 0 bridgehead atoms. The average Bonchev–Trinajstić information content (AvgIpc) is 2.66. The van der Waals surface area contributed by atoms with Crippen molar-refractivity contribution < 1.29 is 14.6 Å². The van der Waals surface area contributed by atoms with Gasteiger partial charge in [-0.2, -0.15) is 5.26 Å². The highest BCUT2D eigenvalue weighted by molar-refractivity contribution is 6.31. The lowest BCUT2D eigenvalue weighted by Gasteiger charge is -2.08. The average molecular weight is 371 g/mol. The van der Waals surface area contributed by atoms with Crippen molar-refractivity contribution >= 4 is 23.6 Å². The minimum absolute atomic E-state index is 0.121. The van der Waals surface area contributed by atoms with Crippen molar-refractivity contribution in [1.82, 2.24) is 5.32 Å². The molecule has 0 fully saturated rings. The van der Waals surface area contributed by atoms with E-state index in [1.54, 1.807) is 0 Å². The number of nitriles is 1. The quantitative estimate of drug-likeness (QED) is 0.442. The highest BCUT2D eigenvalue weighted by Crippen LogP contribution is 2.34. The summed E-state index contributed by atoms with van der Waals surface area (Å²) in [5, 5.41) is 22.4. The van der Waals surface area contributed by atoms with Gasteiger partial charge in [0.25, 0.3) is 5.91 Å². The molecule has 1 amide bonds. The summed E-state index contributed by atoms with van der Waals surface area (Å²) in [6.45, 7) is 0.442. The van der Waals surface area contributed by atoms with Crippen LogP contribution in [0.1, 0.15) is 17.5 Å². The molecule has 0 unspecified atom stereocenters. The van der Waals surface area contributed by atoms with Gasteiger partial charge in [-0.3, -0.25) is 4.79 Å². The van der Waals surface area contributed by atoms with Crippen LogP contribution in [0.15, 0.2) is 48.0 Å². The number of methoxy groups -OCH3 is 1. The van der Waals surface area contributed by atoms with Gasteiger partial charge in [0.2, 0.25) is 0 Å². The van der Waals surface area contributed by atoms with E-state index in [1.165, 1.54) is 30.9 Å². The maximum Gasteiger partial charge on any atom is 0.261 e. The number of carbonyl (C=O) groups excluding carboxylic acids is 1. The molecule has 5 nitrogen and oxygen atoms in total. The van der Waals surface area contributed by atoms with E-state index in [9.17, 15) is 15.2 Å². The van der Waals surface area contributed by atoms with Crippen LogP contribution in [-0.2, 0) is 11.2 Å². The van der Waals surface area contributed by atoms with Gasteiger partial charge in [0.15, 0.2) is 11.5 Å². The van der Waals surface area contributed by atoms with Gasteiger partial charge in [-0.15, -0.1) is 0 Å². The highest BCUT2D eigenvalue weighted by atomic mass is 35.5. The molecule has 0 saturated heterocycles. The summed E-state index contributed by atoms with van der Waals surface area (Å²) in [6.07, 6.45) is 2.87. The standard InChI is InChI=1S/C20H19ClN2O3/c1-26-18-12-17(21)11-15(19(18)24)10-16(13-22)20(25)23-9-5-8-14-6-3-2-4-7-14/h2-4,6-7,10-12,24H,5,8-9H2,1H3,(H,23,25)/b16-10-. The molecule has 134 valence electrons. The molecular formula is C20H19ClN2O3. The van der Waals surface area contributed by atoms with E-state index in [4.69, 9.17) is 16.3 Å². The van der Waals surface area contributed by atoms with Gasteiger partial charge in [-0.25, -0.2) is 0 Å². The number of rotatable bonds is 7. The molecular weight excluding hydrogens is 352 g/mol. The number of halogens is 1. The smallest absolute Gasteiger partial charge is 0.261 e. The van der Waals surface area contributed by atoms with E-state index >= 15 is 0 Å². The molecule has 2 aromatic carbocycles. The third kappa shape index (κ3) is 5.27. The molecule has 0 heterocycles. The monoisotopic (exact) mass is 370 g/mol. The second-order valence-electron chi connectivity index (χ2n) is 5.56. The van der Waals surface area contributed by atoms with Crippen LogP contribution in [0.4, 0.5) is 0 Å². The van der Waals surface area contributed by atoms with Crippen molar-refractivity contribution in [2.75, 3.05) is 13.7 Å². The Morgan fingerprint density at radius 3 is 2.73 bits per heavy atom. The number of amides is 1. The van der Waals surface area contributed by atoms with Gasteiger partial charge < -0.3 is 15.2 Å². The van der Waals surface area contributed by atoms with Gasteiger partial charge >= 0.3 is 0 Å². The molecule has 0 atom stereocenters. The summed E-state index contributed by atoms with van der Waals surface area (Å²) in [4.78, 5) is 12.2. The predicted octanol–water partition coefficient (Wildman–Crippen LogP) is 3.71. The minimum Gasteiger partial charge on any atom is -0.504 e. The Hall–Kier alpha value is -2.97. The Morgan fingerprint density at radius 1 is 1.35 bits per heavy atom. The number of benzene rings is 2. The lowest BCUT2D eigenvalue weighted by Crippen LogP contribution is -2.25. The van der Waals surface area contributed by atoms with Crippen LogP contribution >= 0.6 is 11.6 Å². The topological polar surface area (TPSA) is 82.3 Å². The summed E-state index contributed by atoms with van der Waals surface area (Å²) >= 11 is 5.96. The molecule has 0 radical (unpaired) electrons. The van der Waals surface area contributed by atoms with Gasteiger partial charge in [0, 0.05) is 23.2 Å². The zero-order chi connectivity index (χ0) is 18.9. The molecule has 0 spiro atoms. The summed E-state index contributed by atoms with van der Waals surface area (Å²) < 4.78 is 5.02. The van der Waals surface area contributed by atoms with Crippen molar-refractivity contribution in [1.29, 1.82) is 5.26 Å². The van der Waals surface area contributed by atoms with E-state index in [1.807, 2.05) is 36.4 Å². The number of ether oxygens (including phenoxy) is 1. The Morgan fingerprint density at radius 2 is 2.08 bits per heavy atom. The zero-order valence-corrected chi connectivity index (χ0v) is 15.1. The fourth-order valence-corrected chi connectivity index (χ4v) is 2.62. The number of aryl methyl sites for hydroxylation is 1. The van der Waals surface area contributed by atoms with Gasteiger partial charge in [0.05, 0.1) is 7.11 Å². The first kappa shape index (κ1) is 19.4. The number of carbonyl (C=O) groups is 1. The van der Waals surface area contributed by atoms with Crippen molar-refractivity contribution in [3.05, 3.63) is 64.2 Å². The molecule has 0 saturated carbocycles. The second-order valence-corrected chi connectivity index (χ2v) is 6.00. The number of phenolic OH excluding ortho intramolecular Hbond substituents is 1. The maximum atomic E-state index is 12.2. The van der Waals surface area contributed by atoms with Gasteiger partial charge in [-0.05, 0) is 30.5 Å². The van der Waals surface area contributed by atoms with Crippen molar-refractivity contribution in [3.63, 3.8) is 0 Å². The van der Waals surface area contributed by atoms with Crippen LogP contribution in [0, 0.1) is 11.3 Å². The fraction of sp³-hybridized carbons (Fsp3) is 0.200. The molecule has 2 rings (SSSR count). The van der Waals surface area contributed by atoms with Crippen LogP contribution < -0.4 is 10.1 Å². The lowest BCUT2D eigenvalue weighted by atomic mass is 10.1. The first-order chi connectivity index (χ1) is 12.5. The Balaban J connectivity index is 2.01.